The van der Waals surface area contributed by atoms with Crippen LogP contribution in [0, 0.1) is 32.6 Å². The smallest absolute Gasteiger partial charge is 0.267 e. The van der Waals surface area contributed by atoms with E-state index in [9.17, 15) is 9.59 Å². The Morgan fingerprint density at radius 1 is 0.571 bits per heavy atom. The van der Waals surface area contributed by atoms with Gasteiger partial charge in [0.1, 0.15) is 11.5 Å². The molecule has 2 aromatic heterocycles. The van der Waals surface area contributed by atoms with Gasteiger partial charge in [-0.25, -0.2) is 10.0 Å². The second kappa shape index (κ2) is 22.3. The van der Waals surface area contributed by atoms with Gasteiger partial charge in [-0.1, -0.05) is 74.6 Å². The van der Waals surface area contributed by atoms with Crippen molar-refractivity contribution in [2.45, 2.75) is 137 Å². The molecule has 2 N–H and O–H groups in total. The Hall–Kier alpha value is -3.96. The number of hydrogen-bond acceptors (Lipinski definition) is 6. The molecule has 342 valence electrons. The van der Waals surface area contributed by atoms with Crippen LogP contribution in [0.25, 0.3) is 22.5 Å². The summed E-state index contributed by atoms with van der Waals surface area (Å²) in [5.74, 6) is 2.79. The van der Waals surface area contributed by atoms with Crippen LogP contribution in [0.1, 0.15) is 140 Å². The Morgan fingerprint density at radius 3 is 1.44 bits per heavy atom. The maximum absolute atomic E-state index is 13.3. The molecule has 2 aliphatic carbocycles. The summed E-state index contributed by atoms with van der Waals surface area (Å²) in [5.41, 5.74) is 14.7. The summed E-state index contributed by atoms with van der Waals surface area (Å²) in [6, 6.07) is 13.7. The van der Waals surface area contributed by atoms with Crippen molar-refractivity contribution in [1.29, 1.82) is 0 Å². The maximum atomic E-state index is 13.3. The van der Waals surface area contributed by atoms with Crippen LogP contribution in [0.2, 0.25) is 10.0 Å². The van der Waals surface area contributed by atoms with Gasteiger partial charge in [0.05, 0.1) is 36.7 Å². The number of ether oxygens (including phenoxy) is 2. The van der Waals surface area contributed by atoms with Gasteiger partial charge >= 0.3 is 0 Å². The SMILES string of the molecule is COc1cc(C)c(Cl)cc1-c1cc(C(=O)NN2CCCCC2)c(C)n1CC1CCCCC1.COc1ccc(Cl)cc1-c1cc(C(=O)NN2CCCCC2)c(C)n1CC1CCCCC1. The normalized spacial score (nSPS) is 18.1. The Kier molecular flexibility index (Phi) is 16.6. The first-order chi connectivity index (χ1) is 30.5. The molecule has 10 nitrogen and oxygen atoms in total. The van der Waals surface area contributed by atoms with Crippen LogP contribution in [-0.2, 0) is 13.1 Å². The van der Waals surface area contributed by atoms with Crippen LogP contribution in [0.3, 0.4) is 0 Å². The fourth-order valence-corrected chi connectivity index (χ4v) is 10.6. The molecule has 8 rings (SSSR count). The van der Waals surface area contributed by atoms with E-state index < -0.39 is 0 Å². The minimum atomic E-state index is -0.0240. The summed E-state index contributed by atoms with van der Waals surface area (Å²) in [4.78, 5) is 26.5. The average molecular weight is 902 g/mol. The predicted molar refractivity (Wildman–Crippen MR) is 256 cm³/mol. The number of nitrogens with one attached hydrogen (secondary N) is 2. The van der Waals surface area contributed by atoms with Crippen molar-refractivity contribution in [1.82, 2.24) is 30.0 Å². The van der Waals surface area contributed by atoms with Crippen molar-refractivity contribution in [2.75, 3.05) is 40.4 Å². The highest BCUT2D eigenvalue weighted by atomic mass is 35.5. The topological polar surface area (TPSA) is 93.0 Å². The van der Waals surface area contributed by atoms with Gasteiger partial charge in [-0.05, 0) is 132 Å². The number of methoxy groups -OCH3 is 2. The van der Waals surface area contributed by atoms with Gasteiger partial charge in [-0.2, -0.15) is 0 Å². The molecule has 12 heteroatoms. The highest BCUT2D eigenvalue weighted by molar-refractivity contribution is 6.31. The maximum Gasteiger partial charge on any atom is 0.267 e. The van der Waals surface area contributed by atoms with E-state index in [2.05, 4.69) is 43.9 Å². The summed E-state index contributed by atoms with van der Waals surface area (Å²) in [6.07, 6.45) is 19.8. The van der Waals surface area contributed by atoms with Crippen molar-refractivity contribution in [3.05, 3.63) is 80.6 Å². The standard InChI is InChI=1S/C26H36ClN3O2.C25H34ClN3O2/c1-18-14-25(32-3)22(15-23(18)27)24-16-21(26(31)28-29-12-8-5-9-13-29)19(2)30(24)17-20-10-6-4-7-11-20;1-18-21(25(30)27-28-13-7-4-8-14-28)16-23(22-15-20(26)11-12-24(22)31-2)29(18)17-19-9-5-3-6-10-19/h14-16,20H,4-13,17H2,1-3H3,(H,28,31);11-12,15-16,19H,3-10,13-14,17H2,1-2H3,(H,27,30). The molecule has 2 aliphatic heterocycles. The first-order valence-corrected chi connectivity index (χ1v) is 24.5. The lowest BCUT2D eigenvalue weighted by molar-refractivity contribution is 0.0742. The molecule has 2 aromatic carbocycles. The fraction of sp³-hybridized carbons (Fsp3) is 0.569. The summed E-state index contributed by atoms with van der Waals surface area (Å²) < 4.78 is 16.0. The number of hydrazine groups is 2. The van der Waals surface area contributed by atoms with Crippen LogP contribution >= 0.6 is 23.2 Å². The number of hydrogen-bond donors (Lipinski definition) is 2. The van der Waals surface area contributed by atoms with E-state index in [4.69, 9.17) is 32.7 Å². The summed E-state index contributed by atoms with van der Waals surface area (Å²) in [6.45, 7) is 11.6. The largest absolute Gasteiger partial charge is 0.496 e. The summed E-state index contributed by atoms with van der Waals surface area (Å²) >= 11 is 12.9. The molecule has 4 aliphatic rings. The van der Waals surface area contributed by atoms with Crippen LogP contribution in [-0.4, -0.2) is 71.4 Å². The van der Waals surface area contributed by atoms with Gasteiger partial charge in [0, 0.05) is 71.8 Å². The number of carbonyl (C=O) groups excluding carboxylic acids is 2. The molecule has 2 saturated carbocycles. The van der Waals surface area contributed by atoms with Gasteiger partial charge in [-0.3, -0.25) is 20.4 Å². The number of piperidine rings is 2. The Balaban J connectivity index is 0.000000189. The number of aromatic nitrogens is 2. The number of nitrogens with zero attached hydrogens (tertiary/aromatic N) is 4. The second-order valence-corrected chi connectivity index (χ2v) is 19.3. The third-order valence-corrected chi connectivity index (χ3v) is 14.6. The molecule has 0 radical (unpaired) electrons. The first-order valence-electron chi connectivity index (χ1n) is 23.7. The molecule has 0 spiro atoms. The number of benzene rings is 2. The summed E-state index contributed by atoms with van der Waals surface area (Å²) in [5, 5.41) is 5.50. The fourth-order valence-electron chi connectivity index (χ4n) is 10.2. The molecule has 0 atom stereocenters. The van der Waals surface area contributed by atoms with Gasteiger partial charge in [0.2, 0.25) is 0 Å². The summed E-state index contributed by atoms with van der Waals surface area (Å²) in [7, 11) is 3.37. The zero-order chi connectivity index (χ0) is 44.5. The second-order valence-electron chi connectivity index (χ2n) is 18.4. The van der Waals surface area contributed by atoms with E-state index in [1.54, 1.807) is 14.2 Å². The molecular weight excluding hydrogens is 832 g/mol. The van der Waals surface area contributed by atoms with Crippen molar-refractivity contribution < 1.29 is 19.1 Å². The van der Waals surface area contributed by atoms with E-state index in [0.29, 0.717) is 21.9 Å². The van der Waals surface area contributed by atoms with Crippen molar-refractivity contribution in [3.63, 3.8) is 0 Å². The number of aryl methyl sites for hydroxylation is 1. The van der Waals surface area contributed by atoms with E-state index in [1.807, 2.05) is 49.4 Å². The van der Waals surface area contributed by atoms with Crippen molar-refractivity contribution in [3.8, 4) is 34.0 Å². The van der Waals surface area contributed by atoms with Crippen LogP contribution < -0.4 is 20.3 Å². The first kappa shape index (κ1) is 47.0. The van der Waals surface area contributed by atoms with Crippen LogP contribution in [0.4, 0.5) is 0 Å². The number of carbonyl (C=O) groups is 2. The molecule has 0 unspecified atom stereocenters. The lowest BCUT2D eigenvalue weighted by Crippen LogP contribution is -2.45. The van der Waals surface area contributed by atoms with E-state index in [1.165, 1.54) is 77.0 Å². The Bertz CT molecular complexity index is 2170. The number of rotatable bonds is 12. The zero-order valence-corrected chi connectivity index (χ0v) is 39.9. The van der Waals surface area contributed by atoms with E-state index >= 15 is 0 Å². The molecule has 63 heavy (non-hydrogen) atoms. The molecule has 4 fully saturated rings. The van der Waals surface area contributed by atoms with Gasteiger partial charge in [0.15, 0.2) is 0 Å². The van der Waals surface area contributed by atoms with Gasteiger partial charge in [-0.15, -0.1) is 0 Å². The molecular formula is C51H70Cl2N6O4. The molecule has 2 amide bonds. The lowest BCUT2D eigenvalue weighted by atomic mass is 9.89. The van der Waals surface area contributed by atoms with E-state index in [0.717, 1.165) is 127 Å². The number of halogens is 2. The average Bonchev–Trinajstić information content (AvgIpc) is 3.80. The molecule has 4 heterocycles. The van der Waals surface area contributed by atoms with Crippen molar-refractivity contribution in [2.24, 2.45) is 11.8 Å². The minimum Gasteiger partial charge on any atom is -0.496 e. The Labute approximate surface area is 385 Å². The zero-order valence-electron chi connectivity index (χ0n) is 38.4. The molecule has 4 aromatic rings. The highest BCUT2D eigenvalue weighted by Gasteiger charge is 2.27. The van der Waals surface area contributed by atoms with Gasteiger partial charge in [0.25, 0.3) is 11.8 Å². The Morgan fingerprint density at radius 2 is 1.00 bits per heavy atom. The quantitative estimate of drug-likeness (QED) is 0.147. The van der Waals surface area contributed by atoms with Crippen LogP contribution in [0.5, 0.6) is 11.5 Å². The monoisotopic (exact) mass is 900 g/mol. The molecule has 2 saturated heterocycles. The third kappa shape index (κ3) is 11.7. The number of amides is 2. The minimum absolute atomic E-state index is 0.0229. The van der Waals surface area contributed by atoms with Crippen LogP contribution in [0.15, 0.2) is 42.5 Å². The predicted octanol–water partition coefficient (Wildman–Crippen LogP) is 12.0. The lowest BCUT2D eigenvalue weighted by Gasteiger charge is -2.27. The van der Waals surface area contributed by atoms with Gasteiger partial charge < -0.3 is 18.6 Å². The van der Waals surface area contributed by atoms with Crippen molar-refractivity contribution >= 4 is 35.0 Å². The molecule has 0 bridgehead atoms. The third-order valence-electron chi connectivity index (χ3n) is 14.0. The van der Waals surface area contributed by atoms with E-state index in [-0.39, 0.29) is 11.8 Å². The highest BCUT2D eigenvalue weighted by Crippen LogP contribution is 2.40.